The third kappa shape index (κ3) is 4.27. The van der Waals surface area contributed by atoms with Crippen LogP contribution in [0.3, 0.4) is 0 Å². The molecule has 0 unspecified atom stereocenters. The van der Waals surface area contributed by atoms with Crippen LogP contribution in [0.5, 0.6) is 0 Å². The Bertz CT molecular complexity index is 773. The Morgan fingerprint density at radius 3 is 2.88 bits per heavy atom. The minimum atomic E-state index is -4.81. The highest BCUT2D eigenvalue weighted by atomic mass is 32.3. The number of urea groups is 1. The Morgan fingerprint density at radius 2 is 2.19 bits per heavy atom. The molecule has 2 aliphatic rings. The number of hydrogen-bond donors (Lipinski definition) is 2. The minimum absolute atomic E-state index is 0.125. The summed E-state index contributed by atoms with van der Waals surface area (Å²) in [7, 11) is -4.81. The van der Waals surface area contributed by atoms with Gasteiger partial charge in [0.2, 0.25) is 0 Å². The van der Waals surface area contributed by atoms with Crippen molar-refractivity contribution in [3.8, 4) is 0 Å². The number of hydrogen-bond acceptors (Lipinski definition) is 7. The molecule has 0 saturated carbocycles. The number of carbonyl (C=O) groups is 2. The SMILES string of the molecule is O=C(NOCCc1ccccn1)[C@@H]1CC[C@@H]2CN1C(=O)N2OS(=O)(=O)O. The summed E-state index contributed by atoms with van der Waals surface area (Å²) >= 11 is 0. The van der Waals surface area contributed by atoms with Gasteiger partial charge in [-0.05, 0) is 25.0 Å². The van der Waals surface area contributed by atoms with Gasteiger partial charge in [-0.3, -0.25) is 19.2 Å². The molecule has 3 amide bonds. The summed E-state index contributed by atoms with van der Waals surface area (Å²) in [6, 6.07) is 3.34. The van der Waals surface area contributed by atoms with Gasteiger partial charge < -0.3 is 4.90 Å². The lowest BCUT2D eigenvalue weighted by atomic mass is 10.0. The maximum absolute atomic E-state index is 12.3. The maximum Gasteiger partial charge on any atom is 0.418 e. The third-order valence-electron chi connectivity index (χ3n) is 4.16. The van der Waals surface area contributed by atoms with Crippen LogP contribution in [-0.4, -0.2) is 65.1 Å². The van der Waals surface area contributed by atoms with Gasteiger partial charge >= 0.3 is 16.4 Å². The molecule has 11 nitrogen and oxygen atoms in total. The van der Waals surface area contributed by atoms with E-state index in [9.17, 15) is 18.0 Å². The van der Waals surface area contributed by atoms with Crippen molar-refractivity contribution in [1.82, 2.24) is 20.4 Å². The van der Waals surface area contributed by atoms with E-state index in [4.69, 9.17) is 9.39 Å². The molecule has 1 aromatic rings. The van der Waals surface area contributed by atoms with Gasteiger partial charge in [-0.2, -0.15) is 13.5 Å². The van der Waals surface area contributed by atoms with Crippen molar-refractivity contribution < 1.29 is 31.7 Å². The minimum Gasteiger partial charge on any atom is -0.309 e. The van der Waals surface area contributed by atoms with E-state index < -0.39 is 34.4 Å². The first kappa shape index (κ1) is 18.5. The van der Waals surface area contributed by atoms with Gasteiger partial charge in [0.25, 0.3) is 5.91 Å². The second-order valence-electron chi connectivity index (χ2n) is 5.90. The predicted octanol–water partition coefficient (Wildman–Crippen LogP) is -0.325. The first-order valence-corrected chi connectivity index (χ1v) is 9.30. The molecule has 0 aromatic carbocycles. The van der Waals surface area contributed by atoms with E-state index >= 15 is 0 Å². The summed E-state index contributed by atoms with van der Waals surface area (Å²) in [6.45, 7) is 0.338. The fourth-order valence-electron chi connectivity index (χ4n) is 3.00. The van der Waals surface area contributed by atoms with Crippen LogP contribution >= 0.6 is 0 Å². The van der Waals surface area contributed by atoms with Gasteiger partial charge in [-0.1, -0.05) is 6.07 Å². The number of hydroxylamine groups is 3. The lowest BCUT2D eigenvalue weighted by Crippen LogP contribution is -2.49. The molecule has 1 aromatic heterocycles. The van der Waals surface area contributed by atoms with E-state index in [1.54, 1.807) is 12.3 Å². The van der Waals surface area contributed by atoms with Crippen LogP contribution in [-0.2, 0) is 30.7 Å². The molecule has 0 aliphatic carbocycles. The zero-order chi connectivity index (χ0) is 18.7. The molecule has 2 fully saturated rings. The number of nitrogens with one attached hydrogen (secondary N) is 1. The Balaban J connectivity index is 1.50. The van der Waals surface area contributed by atoms with Gasteiger partial charge in [-0.25, -0.2) is 10.3 Å². The summed E-state index contributed by atoms with van der Waals surface area (Å²) in [5.41, 5.74) is 3.12. The third-order valence-corrected chi connectivity index (χ3v) is 4.51. The Morgan fingerprint density at radius 1 is 1.38 bits per heavy atom. The molecule has 2 bridgehead atoms. The molecule has 2 aliphatic heterocycles. The van der Waals surface area contributed by atoms with Gasteiger partial charge in [0.1, 0.15) is 6.04 Å². The van der Waals surface area contributed by atoms with E-state index in [0.717, 1.165) is 5.69 Å². The normalized spacial score (nSPS) is 22.6. The molecule has 0 radical (unpaired) electrons. The lowest BCUT2D eigenvalue weighted by Gasteiger charge is -2.28. The van der Waals surface area contributed by atoms with Crippen molar-refractivity contribution in [2.24, 2.45) is 0 Å². The number of rotatable bonds is 7. The van der Waals surface area contributed by atoms with Crippen LogP contribution in [0.4, 0.5) is 4.79 Å². The van der Waals surface area contributed by atoms with Crippen LogP contribution in [0.1, 0.15) is 18.5 Å². The average Bonchev–Trinajstić information content (AvgIpc) is 2.83. The summed E-state index contributed by atoms with van der Waals surface area (Å²) in [5, 5.41) is 0.588. The molecule has 2 N–H and O–H groups in total. The number of aromatic nitrogens is 1. The molecule has 2 atom stereocenters. The highest BCUT2D eigenvalue weighted by Gasteiger charge is 2.49. The molecule has 142 valence electrons. The van der Waals surface area contributed by atoms with Crippen molar-refractivity contribution in [2.75, 3.05) is 13.2 Å². The lowest BCUT2D eigenvalue weighted by molar-refractivity contribution is -0.138. The number of amides is 3. The fourth-order valence-corrected chi connectivity index (χ4v) is 3.38. The molecular weight excluding hydrogens is 368 g/mol. The number of nitrogens with zero attached hydrogens (tertiary/aromatic N) is 3. The monoisotopic (exact) mass is 386 g/mol. The Kier molecular flexibility index (Phi) is 5.36. The van der Waals surface area contributed by atoms with Crippen LogP contribution in [0.2, 0.25) is 0 Å². The predicted molar refractivity (Wildman–Crippen MR) is 85.4 cm³/mol. The standard InChI is InChI=1S/C14H18N4O7S/c19-13(16-24-8-6-10-3-1-2-7-15-10)12-5-4-11-9-17(12)14(20)18(11)25-26(21,22)23/h1-3,7,11-12H,4-6,8-9H2,(H,16,19)(H,21,22,23)/t11-,12+/m1/s1. The number of piperidine rings is 1. The highest BCUT2D eigenvalue weighted by Crippen LogP contribution is 2.30. The molecule has 0 spiro atoms. The maximum atomic E-state index is 12.3. The van der Waals surface area contributed by atoms with Crippen LogP contribution in [0.15, 0.2) is 24.4 Å². The second kappa shape index (κ2) is 7.53. The number of fused-ring (bicyclic) bond motifs is 2. The van der Waals surface area contributed by atoms with Crippen LogP contribution < -0.4 is 5.48 Å². The molecule has 2 saturated heterocycles. The molecule has 12 heteroatoms. The fraction of sp³-hybridized carbons (Fsp3) is 0.500. The average molecular weight is 386 g/mol. The quantitative estimate of drug-likeness (QED) is 0.369. The van der Waals surface area contributed by atoms with Crippen LogP contribution in [0.25, 0.3) is 0 Å². The number of pyridine rings is 1. The first-order chi connectivity index (χ1) is 12.3. The zero-order valence-electron chi connectivity index (χ0n) is 13.6. The summed E-state index contributed by atoms with van der Waals surface area (Å²) in [5.74, 6) is -0.508. The van der Waals surface area contributed by atoms with Gasteiger partial charge in [0.15, 0.2) is 0 Å². The van der Waals surface area contributed by atoms with Crippen molar-refractivity contribution >= 4 is 22.3 Å². The smallest absolute Gasteiger partial charge is 0.309 e. The topological polar surface area (TPSA) is 138 Å². The van der Waals surface area contributed by atoms with E-state index in [0.29, 0.717) is 24.3 Å². The zero-order valence-corrected chi connectivity index (χ0v) is 14.5. The Labute approximate surface area is 149 Å². The van der Waals surface area contributed by atoms with E-state index in [1.165, 1.54) is 4.90 Å². The van der Waals surface area contributed by atoms with Gasteiger partial charge in [-0.15, -0.1) is 4.28 Å². The first-order valence-electron chi connectivity index (χ1n) is 7.93. The van der Waals surface area contributed by atoms with Crippen LogP contribution in [0, 0.1) is 0 Å². The van der Waals surface area contributed by atoms with E-state index in [2.05, 4.69) is 14.7 Å². The van der Waals surface area contributed by atoms with Gasteiger partial charge in [0.05, 0.1) is 12.6 Å². The van der Waals surface area contributed by atoms with Crippen molar-refractivity contribution in [1.29, 1.82) is 0 Å². The highest BCUT2D eigenvalue weighted by molar-refractivity contribution is 7.80. The van der Waals surface area contributed by atoms with Crippen molar-refractivity contribution in [3.63, 3.8) is 0 Å². The summed E-state index contributed by atoms with van der Waals surface area (Å²) in [4.78, 5) is 34.9. The largest absolute Gasteiger partial charge is 0.418 e. The molecule has 26 heavy (non-hydrogen) atoms. The summed E-state index contributed by atoms with van der Waals surface area (Å²) in [6.07, 6.45) is 2.83. The number of carbonyl (C=O) groups excluding carboxylic acids is 2. The van der Waals surface area contributed by atoms with E-state index in [-0.39, 0.29) is 13.2 Å². The van der Waals surface area contributed by atoms with E-state index in [1.807, 2.05) is 12.1 Å². The molecular formula is C14H18N4O7S. The van der Waals surface area contributed by atoms with Crippen molar-refractivity contribution in [3.05, 3.63) is 30.1 Å². The second-order valence-corrected chi connectivity index (χ2v) is 6.90. The molecule has 3 heterocycles. The summed E-state index contributed by atoms with van der Waals surface area (Å²) < 4.78 is 34.8. The molecule has 3 rings (SSSR count). The Hall–Kier alpha value is -2.28. The van der Waals surface area contributed by atoms with Gasteiger partial charge in [0, 0.05) is 24.9 Å². The van der Waals surface area contributed by atoms with Crippen molar-refractivity contribution in [2.45, 2.75) is 31.3 Å².